The first kappa shape index (κ1) is 21.6. The Hall–Kier alpha value is -2.07. The zero-order chi connectivity index (χ0) is 21.7. The molecule has 1 fully saturated rings. The molecule has 1 N–H and O–H groups in total. The Bertz CT molecular complexity index is 987. The normalized spacial score (nSPS) is 26.7. The van der Waals surface area contributed by atoms with Crippen molar-refractivity contribution in [2.75, 3.05) is 0 Å². The number of nitriles is 1. The van der Waals surface area contributed by atoms with Gasteiger partial charge in [-0.1, -0.05) is 62.5 Å². The van der Waals surface area contributed by atoms with Gasteiger partial charge in [-0.25, -0.2) is 9.97 Å². The second-order valence-corrected chi connectivity index (χ2v) is 9.45. The molecule has 0 radical (unpaired) electrons. The molecule has 1 aromatic carbocycles. The van der Waals surface area contributed by atoms with Crippen molar-refractivity contribution in [2.24, 2.45) is 10.8 Å². The molecule has 1 aromatic heterocycles. The fourth-order valence-corrected chi connectivity index (χ4v) is 5.00. The zero-order valence-corrected chi connectivity index (χ0v) is 18.5. The van der Waals surface area contributed by atoms with Gasteiger partial charge in [0.15, 0.2) is 5.06 Å². The van der Waals surface area contributed by atoms with Gasteiger partial charge in [0.1, 0.15) is 23.1 Å². The number of carbonyl (C=O) groups excluding carboxylic acids is 1. The van der Waals surface area contributed by atoms with Crippen LogP contribution in [0.5, 0.6) is 5.75 Å². The fourth-order valence-electron chi connectivity index (χ4n) is 3.97. The smallest absolute Gasteiger partial charge is 0.255 e. The van der Waals surface area contributed by atoms with Crippen molar-refractivity contribution in [1.82, 2.24) is 15.3 Å². The highest BCUT2D eigenvalue weighted by Crippen LogP contribution is 2.73. The van der Waals surface area contributed by atoms with E-state index in [9.17, 15) is 4.79 Å². The third-order valence-corrected chi connectivity index (χ3v) is 8.13. The maximum Gasteiger partial charge on any atom is 0.255 e. The number of carbonyl (C=O) groups is 1. The van der Waals surface area contributed by atoms with E-state index in [1.54, 1.807) is 12.1 Å². The monoisotopic (exact) mass is 452 g/mol. The first-order chi connectivity index (χ1) is 13.4. The van der Waals surface area contributed by atoms with Crippen LogP contribution in [0.3, 0.4) is 0 Å². The third-order valence-electron chi connectivity index (χ3n) is 5.76. The number of nitrogens with zero attached hydrogens (tertiary/aromatic N) is 3. The van der Waals surface area contributed by atoms with Gasteiger partial charge in [0.25, 0.3) is 5.91 Å². The lowest BCUT2D eigenvalue weighted by Crippen LogP contribution is -2.86. The molecule has 0 saturated heterocycles. The second-order valence-electron chi connectivity index (χ2n) is 7.94. The van der Waals surface area contributed by atoms with Crippen LogP contribution < -0.4 is 10.1 Å². The number of ether oxygens (including phenoxy) is 1. The van der Waals surface area contributed by atoms with E-state index in [1.807, 2.05) is 33.8 Å². The number of aromatic nitrogens is 2. The molecule has 9 heteroatoms. The van der Waals surface area contributed by atoms with Crippen LogP contribution in [0.2, 0.25) is 5.02 Å². The van der Waals surface area contributed by atoms with Gasteiger partial charge >= 0.3 is 0 Å². The van der Waals surface area contributed by atoms with E-state index in [1.165, 1.54) is 24.8 Å². The first-order valence-electron chi connectivity index (χ1n) is 8.75. The minimum Gasteiger partial charge on any atom is -0.470 e. The SMILES string of the molecule is CC1(C)C(Cl)(NC(=O)c2cncnc2)C(C)(C)C1(Cl)Oc1ccc(C#N)c(Cl)c1. The van der Waals surface area contributed by atoms with Crippen LogP contribution in [0.4, 0.5) is 0 Å². The van der Waals surface area contributed by atoms with Crippen molar-refractivity contribution >= 4 is 40.7 Å². The minimum atomic E-state index is -1.28. The molecule has 2 aromatic rings. The summed E-state index contributed by atoms with van der Waals surface area (Å²) < 4.78 is 6.14. The minimum absolute atomic E-state index is 0.259. The Morgan fingerprint density at radius 1 is 1.14 bits per heavy atom. The summed E-state index contributed by atoms with van der Waals surface area (Å²) in [5, 5.41) is 10.9. The molecule has 0 unspecified atom stereocenters. The molecule has 3 rings (SSSR count). The number of rotatable bonds is 4. The van der Waals surface area contributed by atoms with Crippen molar-refractivity contribution in [3.05, 3.63) is 53.1 Å². The number of halogens is 3. The maximum absolute atomic E-state index is 12.7. The van der Waals surface area contributed by atoms with Crippen LogP contribution in [0.25, 0.3) is 0 Å². The van der Waals surface area contributed by atoms with Crippen LogP contribution in [-0.2, 0) is 0 Å². The predicted molar refractivity (Wildman–Crippen MR) is 111 cm³/mol. The Morgan fingerprint density at radius 2 is 1.72 bits per heavy atom. The lowest BCUT2D eigenvalue weighted by molar-refractivity contribution is -0.217. The van der Waals surface area contributed by atoms with Crippen LogP contribution in [0.15, 0.2) is 36.9 Å². The Labute approximate surface area is 184 Å². The number of hydrogen-bond acceptors (Lipinski definition) is 5. The number of benzene rings is 1. The summed E-state index contributed by atoms with van der Waals surface area (Å²) in [4.78, 5) is 19.2. The van der Waals surface area contributed by atoms with E-state index in [0.717, 1.165) is 0 Å². The van der Waals surface area contributed by atoms with Crippen molar-refractivity contribution in [1.29, 1.82) is 5.26 Å². The zero-order valence-electron chi connectivity index (χ0n) is 16.3. The summed E-state index contributed by atoms with van der Waals surface area (Å²) in [5.41, 5.74) is -1.19. The van der Waals surface area contributed by atoms with Gasteiger partial charge in [-0.3, -0.25) is 4.79 Å². The van der Waals surface area contributed by atoms with Gasteiger partial charge in [-0.2, -0.15) is 5.26 Å². The summed E-state index contributed by atoms with van der Waals surface area (Å²) >= 11 is 20.0. The lowest BCUT2D eigenvalue weighted by Gasteiger charge is -2.72. The van der Waals surface area contributed by atoms with Crippen molar-refractivity contribution in [3.8, 4) is 11.8 Å². The topological polar surface area (TPSA) is 87.9 Å². The van der Waals surface area contributed by atoms with Crippen LogP contribution in [0, 0.1) is 22.2 Å². The van der Waals surface area contributed by atoms with Gasteiger partial charge < -0.3 is 10.1 Å². The summed E-state index contributed by atoms with van der Waals surface area (Å²) in [6.45, 7) is 7.24. The summed E-state index contributed by atoms with van der Waals surface area (Å²) in [7, 11) is 0. The highest BCUT2D eigenvalue weighted by molar-refractivity contribution is 6.33. The Kier molecular flexibility index (Phi) is 5.23. The second kappa shape index (κ2) is 7.02. The van der Waals surface area contributed by atoms with Crippen molar-refractivity contribution < 1.29 is 9.53 Å². The molecule has 1 heterocycles. The highest BCUT2D eigenvalue weighted by atomic mass is 35.5. The Balaban J connectivity index is 1.91. The molecule has 1 saturated carbocycles. The molecule has 29 heavy (non-hydrogen) atoms. The third kappa shape index (κ3) is 2.95. The number of amides is 1. The number of alkyl halides is 2. The van der Waals surface area contributed by atoms with E-state index in [2.05, 4.69) is 15.3 Å². The van der Waals surface area contributed by atoms with E-state index in [-0.39, 0.29) is 10.6 Å². The molecule has 0 atom stereocenters. The molecule has 6 nitrogen and oxygen atoms in total. The summed E-state index contributed by atoms with van der Waals surface area (Å²) in [5.74, 6) is -0.0199. The van der Waals surface area contributed by atoms with Crippen LogP contribution >= 0.6 is 34.8 Å². The van der Waals surface area contributed by atoms with Gasteiger partial charge in [0, 0.05) is 18.5 Å². The number of nitrogens with one attached hydrogen (secondary N) is 1. The molecular formula is C20H19Cl3N4O2. The molecule has 1 amide bonds. The molecule has 0 aliphatic heterocycles. The van der Waals surface area contributed by atoms with E-state index < -0.39 is 26.8 Å². The maximum atomic E-state index is 12.7. The largest absolute Gasteiger partial charge is 0.470 e. The van der Waals surface area contributed by atoms with Gasteiger partial charge in [-0.05, 0) is 12.1 Å². The standard InChI is InChI=1S/C20H19Cl3N4O2/c1-17(2)19(22,27-16(28)13-9-25-11-26-10-13)18(3,4)20(17,23)29-14-6-5-12(8-24)15(21)7-14/h5-7,9-11H,1-4H3,(H,27,28). The van der Waals surface area contributed by atoms with Crippen LogP contribution in [-0.4, -0.2) is 25.9 Å². The summed E-state index contributed by atoms with van der Waals surface area (Å²) in [6, 6.07) is 6.71. The van der Waals surface area contributed by atoms with Gasteiger partial charge in [0.2, 0.25) is 0 Å². The van der Waals surface area contributed by atoms with E-state index in [4.69, 9.17) is 44.8 Å². The average molecular weight is 454 g/mol. The van der Waals surface area contributed by atoms with Gasteiger partial charge in [0.05, 0.1) is 27.0 Å². The molecular weight excluding hydrogens is 435 g/mol. The highest BCUT2D eigenvalue weighted by Gasteiger charge is 2.83. The number of hydrogen-bond donors (Lipinski definition) is 1. The average Bonchev–Trinajstić information content (AvgIpc) is 2.67. The van der Waals surface area contributed by atoms with E-state index >= 15 is 0 Å². The molecule has 152 valence electrons. The molecule has 1 aliphatic carbocycles. The lowest BCUT2D eigenvalue weighted by atomic mass is 9.48. The van der Waals surface area contributed by atoms with Crippen molar-refractivity contribution in [3.63, 3.8) is 0 Å². The molecule has 0 bridgehead atoms. The predicted octanol–water partition coefficient (Wildman–Crippen LogP) is 4.75. The van der Waals surface area contributed by atoms with E-state index in [0.29, 0.717) is 11.3 Å². The quantitative estimate of drug-likeness (QED) is 0.533. The molecule has 0 spiro atoms. The first-order valence-corrected chi connectivity index (χ1v) is 9.88. The molecule has 1 aliphatic rings. The Morgan fingerprint density at radius 3 is 2.24 bits per heavy atom. The summed E-state index contributed by atoms with van der Waals surface area (Å²) in [6.07, 6.45) is 4.15. The fraction of sp³-hybridized carbons (Fsp3) is 0.400. The van der Waals surface area contributed by atoms with Crippen molar-refractivity contribution in [2.45, 2.75) is 37.8 Å². The van der Waals surface area contributed by atoms with Crippen LogP contribution in [0.1, 0.15) is 43.6 Å². The van der Waals surface area contributed by atoms with Gasteiger partial charge in [-0.15, -0.1) is 0 Å².